The minimum Gasteiger partial charge on any atom is -0.398 e. The van der Waals surface area contributed by atoms with Crippen LogP contribution in [0.25, 0.3) is 0 Å². The van der Waals surface area contributed by atoms with E-state index in [-0.39, 0.29) is 5.60 Å². The molecule has 3 nitrogen and oxygen atoms in total. The number of hydrogen-bond donors (Lipinski definition) is 1. The SMILES string of the molecule is Nc1ccc(SC2CCOC3(CCOCC3)C2)cc1Cl. The predicted octanol–water partition coefficient (Wildman–Crippen LogP) is 3.74. The van der Waals surface area contributed by atoms with Crippen LogP contribution in [0, 0.1) is 0 Å². The summed E-state index contributed by atoms with van der Waals surface area (Å²) in [5, 5.41) is 1.23. The number of halogens is 1. The van der Waals surface area contributed by atoms with Crippen molar-refractivity contribution in [2.24, 2.45) is 0 Å². The van der Waals surface area contributed by atoms with Crippen molar-refractivity contribution in [2.75, 3.05) is 25.6 Å². The molecule has 5 heteroatoms. The summed E-state index contributed by atoms with van der Waals surface area (Å²) >= 11 is 7.99. The molecular formula is C15H20ClNO2S. The lowest BCUT2D eigenvalue weighted by Crippen LogP contribution is -2.45. The zero-order valence-corrected chi connectivity index (χ0v) is 13.0. The van der Waals surface area contributed by atoms with Gasteiger partial charge in [-0.25, -0.2) is 0 Å². The summed E-state index contributed by atoms with van der Waals surface area (Å²) in [5.74, 6) is 0. The first-order valence-electron chi connectivity index (χ1n) is 7.10. The molecule has 1 spiro atoms. The number of nitrogens with two attached hydrogens (primary N) is 1. The molecule has 1 aromatic rings. The van der Waals surface area contributed by atoms with Crippen LogP contribution >= 0.6 is 23.4 Å². The second-order valence-electron chi connectivity index (χ2n) is 5.56. The van der Waals surface area contributed by atoms with Gasteiger partial charge >= 0.3 is 0 Å². The Labute approximate surface area is 129 Å². The van der Waals surface area contributed by atoms with Gasteiger partial charge in [0, 0.05) is 30.0 Å². The van der Waals surface area contributed by atoms with Gasteiger partial charge in [0.05, 0.1) is 16.3 Å². The maximum Gasteiger partial charge on any atom is 0.0737 e. The molecule has 2 heterocycles. The standard InChI is InChI=1S/C15H20ClNO2S/c16-13-9-11(1-2-14(13)17)20-12-3-6-19-15(10-12)4-7-18-8-5-15/h1-2,9,12H,3-8,10,17H2. The van der Waals surface area contributed by atoms with Crippen LogP contribution in [0.2, 0.25) is 5.02 Å². The van der Waals surface area contributed by atoms with Crippen molar-refractivity contribution in [1.82, 2.24) is 0 Å². The van der Waals surface area contributed by atoms with Gasteiger partial charge in [0.15, 0.2) is 0 Å². The largest absolute Gasteiger partial charge is 0.398 e. The average molecular weight is 314 g/mol. The number of nitrogen functional groups attached to an aromatic ring is 1. The highest BCUT2D eigenvalue weighted by atomic mass is 35.5. The monoisotopic (exact) mass is 313 g/mol. The van der Waals surface area contributed by atoms with E-state index in [9.17, 15) is 0 Å². The minimum absolute atomic E-state index is 0.0474. The van der Waals surface area contributed by atoms with E-state index >= 15 is 0 Å². The van der Waals surface area contributed by atoms with Gasteiger partial charge < -0.3 is 15.2 Å². The first-order chi connectivity index (χ1) is 9.67. The highest BCUT2D eigenvalue weighted by Gasteiger charge is 2.39. The number of anilines is 1. The van der Waals surface area contributed by atoms with Crippen molar-refractivity contribution in [2.45, 2.75) is 41.4 Å². The summed E-state index contributed by atoms with van der Waals surface area (Å²) in [4.78, 5) is 1.19. The van der Waals surface area contributed by atoms with E-state index < -0.39 is 0 Å². The molecule has 2 fully saturated rings. The van der Waals surface area contributed by atoms with Crippen LogP contribution in [-0.4, -0.2) is 30.7 Å². The Morgan fingerprint density at radius 3 is 2.80 bits per heavy atom. The molecule has 0 radical (unpaired) electrons. The summed E-state index contributed by atoms with van der Waals surface area (Å²) in [6, 6.07) is 5.90. The first-order valence-corrected chi connectivity index (χ1v) is 8.36. The van der Waals surface area contributed by atoms with Crippen LogP contribution in [0.4, 0.5) is 5.69 Å². The van der Waals surface area contributed by atoms with Gasteiger partial charge in [0.25, 0.3) is 0 Å². The molecule has 0 bridgehead atoms. The zero-order valence-electron chi connectivity index (χ0n) is 11.4. The second kappa shape index (κ2) is 6.14. The maximum absolute atomic E-state index is 6.09. The van der Waals surface area contributed by atoms with Crippen LogP contribution < -0.4 is 5.73 Å². The normalized spacial score (nSPS) is 25.8. The molecule has 0 aliphatic carbocycles. The smallest absolute Gasteiger partial charge is 0.0737 e. The van der Waals surface area contributed by atoms with Gasteiger partial charge in [-0.15, -0.1) is 11.8 Å². The van der Waals surface area contributed by atoms with Crippen molar-refractivity contribution in [3.8, 4) is 0 Å². The molecule has 1 aromatic carbocycles. The third-order valence-corrected chi connectivity index (χ3v) is 5.72. The Balaban J connectivity index is 1.66. The molecule has 20 heavy (non-hydrogen) atoms. The molecular weight excluding hydrogens is 294 g/mol. The van der Waals surface area contributed by atoms with Gasteiger partial charge in [0.2, 0.25) is 0 Å². The van der Waals surface area contributed by atoms with Gasteiger partial charge in [0.1, 0.15) is 0 Å². The van der Waals surface area contributed by atoms with E-state index in [1.807, 2.05) is 23.9 Å². The molecule has 2 N–H and O–H groups in total. The minimum atomic E-state index is 0.0474. The Hall–Kier alpha value is -0.420. The number of ether oxygens (including phenoxy) is 2. The van der Waals surface area contributed by atoms with Crippen LogP contribution in [0.3, 0.4) is 0 Å². The van der Waals surface area contributed by atoms with E-state index in [0.717, 1.165) is 45.5 Å². The van der Waals surface area contributed by atoms with Crippen LogP contribution in [-0.2, 0) is 9.47 Å². The van der Waals surface area contributed by atoms with E-state index in [0.29, 0.717) is 16.0 Å². The Kier molecular flexibility index (Phi) is 4.46. The topological polar surface area (TPSA) is 44.5 Å². The molecule has 2 aliphatic heterocycles. The molecule has 2 aliphatic rings. The first kappa shape index (κ1) is 14.5. The lowest BCUT2D eigenvalue weighted by atomic mass is 9.86. The third-order valence-electron chi connectivity index (χ3n) is 4.13. The molecule has 0 saturated carbocycles. The summed E-state index contributed by atoms with van der Waals surface area (Å²) in [6.07, 6.45) is 4.23. The summed E-state index contributed by atoms with van der Waals surface area (Å²) in [5.41, 5.74) is 6.45. The highest BCUT2D eigenvalue weighted by molar-refractivity contribution is 8.00. The Bertz CT molecular complexity index is 471. The number of benzene rings is 1. The Morgan fingerprint density at radius 1 is 1.25 bits per heavy atom. The van der Waals surface area contributed by atoms with Crippen molar-refractivity contribution in [3.63, 3.8) is 0 Å². The van der Waals surface area contributed by atoms with Gasteiger partial charge in [-0.2, -0.15) is 0 Å². The number of hydrogen-bond acceptors (Lipinski definition) is 4. The van der Waals surface area contributed by atoms with E-state index in [4.69, 9.17) is 26.8 Å². The average Bonchev–Trinajstić information content (AvgIpc) is 2.44. The summed E-state index contributed by atoms with van der Waals surface area (Å²) in [6.45, 7) is 2.50. The zero-order chi connectivity index (χ0) is 14.0. The number of thioether (sulfide) groups is 1. The van der Waals surface area contributed by atoms with E-state index in [1.165, 1.54) is 4.90 Å². The fourth-order valence-electron chi connectivity index (χ4n) is 2.95. The van der Waals surface area contributed by atoms with Crippen molar-refractivity contribution >= 4 is 29.1 Å². The fraction of sp³-hybridized carbons (Fsp3) is 0.600. The molecule has 110 valence electrons. The van der Waals surface area contributed by atoms with Crippen LogP contribution in [0.1, 0.15) is 25.7 Å². The van der Waals surface area contributed by atoms with Gasteiger partial charge in [-0.3, -0.25) is 0 Å². The molecule has 0 amide bonds. The van der Waals surface area contributed by atoms with E-state index in [1.54, 1.807) is 0 Å². The van der Waals surface area contributed by atoms with Gasteiger partial charge in [-0.1, -0.05) is 11.6 Å². The molecule has 1 atom stereocenters. The predicted molar refractivity (Wildman–Crippen MR) is 83.5 cm³/mol. The molecule has 1 unspecified atom stereocenters. The van der Waals surface area contributed by atoms with Crippen LogP contribution in [0.15, 0.2) is 23.1 Å². The summed E-state index contributed by atoms with van der Waals surface area (Å²) < 4.78 is 11.5. The quantitative estimate of drug-likeness (QED) is 0.845. The molecule has 0 aromatic heterocycles. The number of rotatable bonds is 2. The lowest BCUT2D eigenvalue weighted by Gasteiger charge is -2.43. The van der Waals surface area contributed by atoms with Crippen LogP contribution in [0.5, 0.6) is 0 Å². The summed E-state index contributed by atoms with van der Waals surface area (Å²) in [7, 11) is 0. The second-order valence-corrected chi connectivity index (χ2v) is 7.34. The van der Waals surface area contributed by atoms with Crippen molar-refractivity contribution in [3.05, 3.63) is 23.2 Å². The van der Waals surface area contributed by atoms with Crippen molar-refractivity contribution < 1.29 is 9.47 Å². The van der Waals surface area contributed by atoms with Crippen molar-refractivity contribution in [1.29, 1.82) is 0 Å². The van der Waals surface area contributed by atoms with E-state index in [2.05, 4.69) is 6.07 Å². The highest BCUT2D eigenvalue weighted by Crippen LogP contribution is 2.41. The maximum atomic E-state index is 6.09. The third kappa shape index (κ3) is 3.25. The fourth-order valence-corrected chi connectivity index (χ4v) is 4.51. The Morgan fingerprint density at radius 2 is 2.05 bits per heavy atom. The molecule has 3 rings (SSSR count). The van der Waals surface area contributed by atoms with Gasteiger partial charge in [-0.05, 0) is 43.9 Å². The molecule has 2 saturated heterocycles. The lowest BCUT2D eigenvalue weighted by molar-refractivity contribution is -0.131.